The molecule has 0 aliphatic rings. The molecule has 1 N–H and O–H groups in total. The normalized spacial score (nSPS) is 12.3. The molecule has 1 aromatic heterocycles. The van der Waals surface area contributed by atoms with E-state index in [1.807, 2.05) is 31.3 Å². The minimum atomic E-state index is 0.372. The van der Waals surface area contributed by atoms with Crippen LogP contribution in [-0.4, -0.2) is 7.05 Å². The summed E-state index contributed by atoms with van der Waals surface area (Å²) in [4.78, 5) is 0. The summed E-state index contributed by atoms with van der Waals surface area (Å²) >= 11 is 0. The third-order valence-corrected chi connectivity index (χ3v) is 2.98. The van der Waals surface area contributed by atoms with Crippen molar-refractivity contribution in [3.05, 3.63) is 54.0 Å². The van der Waals surface area contributed by atoms with Crippen molar-refractivity contribution in [2.75, 3.05) is 7.05 Å². The molecule has 0 saturated carbocycles. The predicted molar refractivity (Wildman–Crippen MR) is 71.6 cm³/mol. The maximum Gasteiger partial charge on any atom is 0.146 e. The van der Waals surface area contributed by atoms with Crippen LogP contribution >= 0.6 is 0 Å². The van der Waals surface area contributed by atoms with Gasteiger partial charge in [0.05, 0.1) is 6.26 Å². The van der Waals surface area contributed by atoms with Gasteiger partial charge >= 0.3 is 0 Å². The van der Waals surface area contributed by atoms with E-state index in [1.54, 1.807) is 6.26 Å². The molecular weight excluding hydrogens is 226 g/mol. The minimum Gasteiger partial charge on any atom is -0.486 e. The zero-order chi connectivity index (χ0) is 12.8. The molecule has 0 bridgehead atoms. The summed E-state index contributed by atoms with van der Waals surface area (Å²) in [7, 11) is 1.98. The maximum absolute atomic E-state index is 5.71. The van der Waals surface area contributed by atoms with Crippen molar-refractivity contribution in [1.82, 2.24) is 5.32 Å². The van der Waals surface area contributed by atoms with Crippen molar-refractivity contribution < 1.29 is 9.15 Å². The Balaban J connectivity index is 2.02. The Bertz CT molecular complexity index is 461. The number of hydrogen-bond donors (Lipinski definition) is 1. The zero-order valence-electron chi connectivity index (χ0n) is 10.8. The highest BCUT2D eigenvalue weighted by atomic mass is 16.5. The Hall–Kier alpha value is -1.74. The SMILES string of the molecule is CCC(NC)c1cccc(OCc2ccco2)c1. The second kappa shape index (κ2) is 6.26. The lowest BCUT2D eigenvalue weighted by molar-refractivity contribution is 0.270. The van der Waals surface area contributed by atoms with Gasteiger partial charge in [0, 0.05) is 6.04 Å². The average molecular weight is 245 g/mol. The van der Waals surface area contributed by atoms with Crippen LogP contribution in [0.2, 0.25) is 0 Å². The molecule has 18 heavy (non-hydrogen) atoms. The third kappa shape index (κ3) is 3.14. The first-order valence-electron chi connectivity index (χ1n) is 6.26. The zero-order valence-corrected chi connectivity index (χ0v) is 10.8. The summed E-state index contributed by atoms with van der Waals surface area (Å²) in [6.07, 6.45) is 2.71. The van der Waals surface area contributed by atoms with Crippen molar-refractivity contribution in [2.45, 2.75) is 26.0 Å². The van der Waals surface area contributed by atoms with E-state index >= 15 is 0 Å². The molecule has 0 aliphatic heterocycles. The van der Waals surface area contributed by atoms with Crippen LogP contribution in [0, 0.1) is 0 Å². The summed E-state index contributed by atoms with van der Waals surface area (Å²) in [5.74, 6) is 1.71. The van der Waals surface area contributed by atoms with E-state index in [1.165, 1.54) is 5.56 Å². The van der Waals surface area contributed by atoms with Crippen molar-refractivity contribution in [3.63, 3.8) is 0 Å². The topological polar surface area (TPSA) is 34.4 Å². The van der Waals surface area contributed by atoms with E-state index in [0.717, 1.165) is 17.9 Å². The first kappa shape index (κ1) is 12.7. The smallest absolute Gasteiger partial charge is 0.146 e. The van der Waals surface area contributed by atoms with Gasteiger partial charge in [0.15, 0.2) is 0 Å². The van der Waals surface area contributed by atoms with Crippen LogP contribution in [0.1, 0.15) is 30.7 Å². The Kier molecular flexibility index (Phi) is 4.42. The molecule has 3 heteroatoms. The summed E-state index contributed by atoms with van der Waals surface area (Å²) in [6, 6.07) is 12.3. The summed E-state index contributed by atoms with van der Waals surface area (Å²) in [6.45, 7) is 2.63. The van der Waals surface area contributed by atoms with E-state index in [9.17, 15) is 0 Å². The lowest BCUT2D eigenvalue weighted by Crippen LogP contribution is -2.15. The monoisotopic (exact) mass is 245 g/mol. The number of furan rings is 1. The fourth-order valence-electron chi connectivity index (χ4n) is 1.98. The largest absolute Gasteiger partial charge is 0.486 e. The number of nitrogens with one attached hydrogen (secondary N) is 1. The minimum absolute atomic E-state index is 0.372. The number of hydrogen-bond acceptors (Lipinski definition) is 3. The van der Waals surface area contributed by atoms with E-state index in [4.69, 9.17) is 9.15 Å². The van der Waals surface area contributed by atoms with Gasteiger partial charge in [-0.1, -0.05) is 19.1 Å². The molecule has 2 aromatic rings. The standard InChI is InChI=1S/C15H19NO2/c1-3-15(16-2)12-6-4-7-13(10-12)18-11-14-8-5-9-17-14/h4-10,15-16H,3,11H2,1-2H3. The molecule has 1 heterocycles. The van der Waals surface area contributed by atoms with Crippen LogP contribution in [0.5, 0.6) is 5.75 Å². The number of ether oxygens (including phenoxy) is 1. The van der Waals surface area contributed by atoms with Crippen LogP contribution in [0.3, 0.4) is 0 Å². The molecule has 0 saturated heterocycles. The molecule has 2 rings (SSSR count). The van der Waals surface area contributed by atoms with Gasteiger partial charge in [0.2, 0.25) is 0 Å². The van der Waals surface area contributed by atoms with Crippen LogP contribution in [0.25, 0.3) is 0 Å². The summed E-state index contributed by atoms with van der Waals surface area (Å²) in [5.41, 5.74) is 1.25. The van der Waals surface area contributed by atoms with Gasteiger partial charge in [-0.3, -0.25) is 0 Å². The summed E-state index contributed by atoms with van der Waals surface area (Å²) < 4.78 is 10.9. The molecule has 0 radical (unpaired) electrons. The highest BCUT2D eigenvalue weighted by molar-refractivity contribution is 5.30. The third-order valence-electron chi connectivity index (χ3n) is 2.98. The molecule has 0 spiro atoms. The Labute approximate surface area is 108 Å². The van der Waals surface area contributed by atoms with Gasteiger partial charge in [-0.25, -0.2) is 0 Å². The lowest BCUT2D eigenvalue weighted by atomic mass is 10.0. The maximum atomic E-state index is 5.71. The predicted octanol–water partition coefficient (Wildman–Crippen LogP) is 3.53. The number of rotatable bonds is 6. The fourth-order valence-corrected chi connectivity index (χ4v) is 1.98. The quantitative estimate of drug-likeness (QED) is 0.845. The van der Waals surface area contributed by atoms with E-state index < -0.39 is 0 Å². The second-order valence-corrected chi connectivity index (χ2v) is 4.19. The Morgan fingerprint density at radius 3 is 2.83 bits per heavy atom. The van der Waals surface area contributed by atoms with Crippen LogP contribution in [-0.2, 0) is 6.61 Å². The average Bonchev–Trinajstić information content (AvgIpc) is 2.92. The van der Waals surface area contributed by atoms with Gasteiger partial charge < -0.3 is 14.5 Å². The molecule has 1 atom stereocenters. The first-order valence-corrected chi connectivity index (χ1v) is 6.26. The number of benzene rings is 1. The van der Waals surface area contributed by atoms with Crippen LogP contribution in [0.15, 0.2) is 47.1 Å². The van der Waals surface area contributed by atoms with E-state index in [0.29, 0.717) is 12.6 Å². The molecular formula is C15H19NO2. The van der Waals surface area contributed by atoms with Gasteiger partial charge in [-0.2, -0.15) is 0 Å². The van der Waals surface area contributed by atoms with Crippen LogP contribution in [0.4, 0.5) is 0 Å². The summed E-state index contributed by atoms with van der Waals surface area (Å²) in [5, 5.41) is 3.29. The van der Waals surface area contributed by atoms with Crippen LogP contribution < -0.4 is 10.1 Å². The van der Waals surface area contributed by atoms with Gasteiger partial charge in [-0.15, -0.1) is 0 Å². The molecule has 0 fully saturated rings. The van der Waals surface area contributed by atoms with Crippen molar-refractivity contribution in [3.8, 4) is 5.75 Å². The highest BCUT2D eigenvalue weighted by Gasteiger charge is 2.07. The Morgan fingerprint density at radius 1 is 1.28 bits per heavy atom. The van der Waals surface area contributed by atoms with E-state index in [2.05, 4.69) is 24.4 Å². The molecule has 96 valence electrons. The molecule has 0 amide bonds. The van der Waals surface area contributed by atoms with E-state index in [-0.39, 0.29) is 0 Å². The van der Waals surface area contributed by atoms with Crippen molar-refractivity contribution >= 4 is 0 Å². The Morgan fingerprint density at radius 2 is 2.17 bits per heavy atom. The van der Waals surface area contributed by atoms with Gasteiger partial charge in [0.1, 0.15) is 18.1 Å². The van der Waals surface area contributed by atoms with Crippen molar-refractivity contribution in [2.24, 2.45) is 0 Å². The molecule has 1 aromatic carbocycles. The lowest BCUT2D eigenvalue weighted by Gasteiger charge is -2.15. The highest BCUT2D eigenvalue weighted by Crippen LogP contribution is 2.22. The van der Waals surface area contributed by atoms with Crippen molar-refractivity contribution in [1.29, 1.82) is 0 Å². The fraction of sp³-hybridized carbons (Fsp3) is 0.333. The first-order chi connectivity index (χ1) is 8.83. The molecule has 1 unspecified atom stereocenters. The van der Waals surface area contributed by atoms with Gasteiger partial charge in [-0.05, 0) is 43.3 Å². The molecule has 3 nitrogen and oxygen atoms in total. The second-order valence-electron chi connectivity index (χ2n) is 4.19. The van der Waals surface area contributed by atoms with Gasteiger partial charge in [0.25, 0.3) is 0 Å². The molecule has 0 aliphatic carbocycles.